The van der Waals surface area contributed by atoms with E-state index in [0.717, 1.165) is 34.8 Å². The Morgan fingerprint density at radius 1 is 0.698 bits per heavy atom. The van der Waals surface area contributed by atoms with Crippen molar-refractivity contribution in [3.8, 4) is 0 Å². The van der Waals surface area contributed by atoms with Crippen LogP contribution < -0.4 is 17.5 Å². The Kier molecular flexibility index (Phi) is 10.7. The van der Waals surface area contributed by atoms with Gasteiger partial charge in [-0.25, -0.2) is 0 Å². The number of rotatable bonds is 12. The predicted octanol–water partition coefficient (Wildman–Crippen LogP) is 7.34. The summed E-state index contributed by atoms with van der Waals surface area (Å²) in [5.74, 6) is -4.52. The van der Waals surface area contributed by atoms with Crippen LogP contribution in [0.4, 0.5) is 28.9 Å². The number of hydrogen-bond donors (Lipinski definition) is 0. The molecule has 9 heteroatoms. The second kappa shape index (κ2) is 14.0. The van der Waals surface area contributed by atoms with E-state index in [9.17, 15) is 9.59 Å². The van der Waals surface area contributed by atoms with Gasteiger partial charge in [-0.2, -0.15) is 0 Å². The predicted molar refractivity (Wildman–Crippen MR) is 162 cm³/mol. The van der Waals surface area contributed by atoms with Gasteiger partial charge in [0.25, 0.3) is 0 Å². The number of nitrogens with zero attached hydrogens (tertiary/aromatic N) is 2. The number of anilines is 2. The molecule has 4 rings (SSSR count). The summed E-state index contributed by atoms with van der Waals surface area (Å²) in [7, 11) is 2.86. The number of hydrogen-bond acceptors (Lipinski definition) is 2. The molecule has 228 valence electrons. The van der Waals surface area contributed by atoms with Crippen molar-refractivity contribution < 1.29 is 43.7 Å². The molecule has 2 amide bonds. The molecule has 0 heterocycles. The van der Waals surface area contributed by atoms with Crippen molar-refractivity contribution in [1.29, 1.82) is 0 Å². The molecule has 0 fully saturated rings. The Morgan fingerprint density at radius 2 is 1.09 bits per heavy atom. The molecule has 0 bridgehead atoms. The van der Waals surface area contributed by atoms with Crippen molar-refractivity contribution in [3.63, 3.8) is 0 Å². The molecular weight excluding hydrogens is 592 g/mol. The van der Waals surface area contributed by atoms with E-state index in [1.165, 1.54) is 26.2 Å². The third-order valence-corrected chi connectivity index (χ3v) is 16.3. The van der Waals surface area contributed by atoms with Crippen LogP contribution in [0, 0.1) is 23.3 Å². The van der Waals surface area contributed by atoms with E-state index in [1.54, 1.807) is 36.5 Å². The Labute approximate surface area is 254 Å². The summed E-state index contributed by atoms with van der Waals surface area (Å²) in [6, 6.07) is 4.58. The number of unbranched alkanes of at least 4 members (excludes halogenated alkanes) is 2. The van der Waals surface area contributed by atoms with Crippen LogP contribution in [0.25, 0.3) is 0 Å². The molecule has 0 N–H and O–H groups in total. The zero-order chi connectivity index (χ0) is 31.3. The fourth-order valence-electron chi connectivity index (χ4n) is 5.97. The van der Waals surface area contributed by atoms with Crippen molar-refractivity contribution in [1.82, 2.24) is 0 Å². The molecule has 0 saturated carbocycles. The van der Waals surface area contributed by atoms with Gasteiger partial charge in [0.2, 0.25) is 0 Å². The quantitative estimate of drug-likeness (QED) is 0.182. The number of benzene rings is 2. The first-order valence-corrected chi connectivity index (χ1v) is 18.0. The molecule has 0 radical (unpaired) electrons. The van der Waals surface area contributed by atoms with Gasteiger partial charge in [-0.1, -0.05) is 0 Å². The molecule has 0 unspecified atom stereocenters. The summed E-state index contributed by atoms with van der Waals surface area (Å²) in [5.41, 5.74) is -0.288. The molecule has 2 aliphatic carbocycles. The minimum atomic E-state index is -5.10. The van der Waals surface area contributed by atoms with E-state index in [-0.39, 0.29) is 56.6 Å². The third-order valence-electron chi connectivity index (χ3n) is 8.36. The third kappa shape index (κ3) is 6.09. The van der Waals surface area contributed by atoms with Gasteiger partial charge in [-0.3, -0.25) is 0 Å². The van der Waals surface area contributed by atoms with Gasteiger partial charge in [-0.15, -0.1) is 0 Å². The van der Waals surface area contributed by atoms with Crippen LogP contribution in [0.5, 0.6) is 0 Å². The van der Waals surface area contributed by atoms with E-state index in [1.807, 2.05) is 13.8 Å². The molecule has 2 aliphatic rings. The Morgan fingerprint density at radius 3 is 1.42 bits per heavy atom. The number of allylic oxidation sites excluding steroid dienone is 8. The van der Waals surface area contributed by atoms with Gasteiger partial charge in [0.1, 0.15) is 0 Å². The van der Waals surface area contributed by atoms with Gasteiger partial charge in [-0.05, 0) is 0 Å². The van der Waals surface area contributed by atoms with Crippen LogP contribution in [0.15, 0.2) is 68.5 Å². The molecule has 0 aromatic heterocycles. The van der Waals surface area contributed by atoms with Crippen molar-refractivity contribution in [3.05, 3.63) is 91.7 Å². The average Bonchev–Trinajstić information content (AvgIpc) is 3.73. The summed E-state index contributed by atoms with van der Waals surface area (Å²) in [6.07, 6.45) is 14.1. The Bertz CT molecular complexity index is 1420. The van der Waals surface area contributed by atoms with Crippen LogP contribution in [-0.2, 0) is 26.2 Å². The fraction of sp³-hybridized carbons (Fsp3) is 0.353. The summed E-state index contributed by atoms with van der Waals surface area (Å²) >= 11 is -5.10. The second-order valence-electron chi connectivity index (χ2n) is 11.0. The van der Waals surface area contributed by atoms with Crippen LogP contribution in [0.3, 0.4) is 0 Å². The van der Waals surface area contributed by atoms with Crippen LogP contribution in [0.2, 0.25) is 0 Å². The summed E-state index contributed by atoms with van der Waals surface area (Å²) in [5, 5.41) is 0. The summed E-state index contributed by atoms with van der Waals surface area (Å²) in [6.45, 7) is 3.87. The Hall–Kier alpha value is -3.23. The Balaban J connectivity index is 2.06. The SMILES string of the molecule is CCCCC(=O)N(C)c1ccc(F)[c]([Ti]([C]2=CC=CC2)([C]2=CC=CC2)[c]2c(F)ccc(N(C)C(=O)CCCC)c2F)c1F. The van der Waals surface area contributed by atoms with E-state index in [0.29, 0.717) is 20.6 Å². The maximum atomic E-state index is 17.0. The average molecular weight is 631 g/mol. The van der Waals surface area contributed by atoms with E-state index in [2.05, 4.69) is 0 Å². The van der Waals surface area contributed by atoms with Gasteiger partial charge < -0.3 is 0 Å². The fourth-order valence-corrected chi connectivity index (χ4v) is 14.2. The number of halogens is 4. The monoisotopic (exact) mass is 630 g/mol. The van der Waals surface area contributed by atoms with Crippen molar-refractivity contribution in [2.75, 3.05) is 23.9 Å². The first kappa shape index (κ1) is 32.7. The van der Waals surface area contributed by atoms with Crippen molar-refractivity contribution in [2.24, 2.45) is 0 Å². The normalized spacial score (nSPS) is 14.2. The van der Waals surface area contributed by atoms with Gasteiger partial charge in [0.05, 0.1) is 0 Å². The summed E-state index contributed by atoms with van der Waals surface area (Å²) in [4.78, 5) is 28.2. The zero-order valence-electron chi connectivity index (χ0n) is 25.2. The molecule has 0 atom stereocenters. The van der Waals surface area contributed by atoms with E-state index >= 15 is 17.6 Å². The molecule has 43 heavy (non-hydrogen) atoms. The van der Waals surface area contributed by atoms with Gasteiger partial charge in [0.15, 0.2) is 0 Å². The standard InChI is InChI=1S/2C12H14F2NO.2C5H5.Ti/c2*1-3-4-5-12(16)15(2)11-7-6-9(13)8-10(11)14;2*1-2-4-5-3-1;/h2*6-7H,3-5H2,1-2H3;2*1-3H,4H2;. The molecule has 2 aromatic carbocycles. The van der Waals surface area contributed by atoms with Gasteiger partial charge in [0, 0.05) is 0 Å². The first-order valence-electron chi connectivity index (χ1n) is 14.8. The molecule has 4 nitrogen and oxygen atoms in total. The minimum absolute atomic E-state index is 0.144. The van der Waals surface area contributed by atoms with Crippen LogP contribution in [-0.4, -0.2) is 25.9 Å². The molecule has 0 aliphatic heterocycles. The maximum absolute atomic E-state index is 17.0. The van der Waals surface area contributed by atoms with E-state index < -0.39 is 39.9 Å². The van der Waals surface area contributed by atoms with Gasteiger partial charge >= 0.3 is 256 Å². The number of amides is 2. The first-order chi connectivity index (χ1) is 20.6. The topological polar surface area (TPSA) is 40.6 Å². The van der Waals surface area contributed by atoms with E-state index in [4.69, 9.17) is 0 Å². The zero-order valence-corrected chi connectivity index (χ0v) is 26.7. The van der Waals surface area contributed by atoms with Crippen LogP contribution >= 0.6 is 0 Å². The number of carbonyl (C=O) groups is 2. The second-order valence-corrected chi connectivity index (χ2v) is 16.9. The molecule has 0 spiro atoms. The van der Waals surface area contributed by atoms with Crippen molar-refractivity contribution in [2.45, 2.75) is 65.2 Å². The molecule has 2 aromatic rings. The molecular formula is C34H38F4N2O2Ti. The molecule has 0 saturated heterocycles. The summed E-state index contributed by atoms with van der Waals surface area (Å²) < 4.78 is 66.8. The van der Waals surface area contributed by atoms with Crippen molar-refractivity contribution >= 4 is 30.9 Å². The number of carbonyl (C=O) groups excluding carboxylic acids is 2. The van der Waals surface area contributed by atoms with Crippen LogP contribution in [0.1, 0.15) is 65.2 Å².